The van der Waals surface area contributed by atoms with Crippen LogP contribution in [0.25, 0.3) is 0 Å². The molecule has 0 aromatic carbocycles. The summed E-state index contributed by atoms with van der Waals surface area (Å²) in [6.07, 6.45) is 3.26. The summed E-state index contributed by atoms with van der Waals surface area (Å²) in [7, 11) is -7.45. The smallest absolute Gasteiger partial charge is 0.308 e. The van der Waals surface area contributed by atoms with Crippen molar-refractivity contribution in [1.29, 1.82) is 0 Å². The molecule has 0 spiro atoms. The molecular formula is C13H26N2O6P2. The third-order valence-corrected chi connectivity index (χ3v) is 8.83. The van der Waals surface area contributed by atoms with Crippen LogP contribution in [0.2, 0.25) is 0 Å². The molecule has 8 nitrogen and oxygen atoms in total. The molecule has 0 aliphatic rings. The van der Waals surface area contributed by atoms with Gasteiger partial charge in [-0.25, -0.2) is 0 Å². The molecule has 0 fully saturated rings. The maximum absolute atomic E-state index is 13.2. The Morgan fingerprint density at radius 3 is 1.65 bits per heavy atom. The number of hydrogen-bond donors (Lipinski definition) is 0. The Hall–Kier alpha value is -0.490. The predicted octanol–water partition coefficient (Wildman–Crippen LogP) is 3.74. The normalized spacial score (nSPS) is 12.9. The molecule has 0 N–H and O–H groups in total. The van der Waals surface area contributed by atoms with Gasteiger partial charge < -0.3 is 18.1 Å². The van der Waals surface area contributed by atoms with Crippen LogP contribution in [0, 0.1) is 0 Å². The first-order chi connectivity index (χ1) is 11.0. The molecule has 0 saturated carbocycles. The molecule has 0 aliphatic carbocycles. The van der Waals surface area contributed by atoms with E-state index < -0.39 is 20.6 Å². The zero-order valence-corrected chi connectivity index (χ0v) is 15.9. The zero-order chi connectivity index (χ0) is 17.3. The van der Waals surface area contributed by atoms with Gasteiger partial charge in [-0.05, 0) is 33.8 Å². The molecule has 0 radical (unpaired) electrons. The van der Waals surface area contributed by atoms with Gasteiger partial charge in [0, 0.05) is 12.4 Å². The first kappa shape index (κ1) is 20.6. The van der Waals surface area contributed by atoms with Crippen LogP contribution in [-0.2, 0) is 33.8 Å². The summed E-state index contributed by atoms with van der Waals surface area (Å²) >= 11 is 0. The summed E-state index contributed by atoms with van der Waals surface area (Å²) in [6, 6.07) is 1.72. The van der Waals surface area contributed by atoms with Crippen LogP contribution < -0.4 is 0 Å². The third kappa shape index (κ3) is 5.52. The van der Waals surface area contributed by atoms with Crippen molar-refractivity contribution in [3.63, 3.8) is 0 Å². The number of hydrogen-bond acceptors (Lipinski definition) is 7. The van der Waals surface area contributed by atoms with E-state index in [1.807, 2.05) is 0 Å². The van der Waals surface area contributed by atoms with Gasteiger partial charge in [-0.2, -0.15) is 5.10 Å². The van der Waals surface area contributed by atoms with Crippen molar-refractivity contribution in [2.45, 2.75) is 39.6 Å². The first-order valence-corrected chi connectivity index (χ1v) is 10.9. The van der Waals surface area contributed by atoms with Crippen molar-refractivity contribution in [3.05, 3.63) is 18.5 Å². The van der Waals surface area contributed by atoms with E-state index in [1.54, 1.807) is 46.2 Å². The maximum atomic E-state index is 13.2. The Morgan fingerprint density at radius 1 is 0.913 bits per heavy atom. The second-order valence-electron chi connectivity index (χ2n) is 4.46. The third-order valence-electron chi connectivity index (χ3n) is 2.88. The van der Waals surface area contributed by atoms with E-state index in [4.69, 9.17) is 18.1 Å². The molecule has 1 aromatic heterocycles. The molecule has 0 bridgehead atoms. The van der Waals surface area contributed by atoms with Gasteiger partial charge in [-0.1, -0.05) is 0 Å². The van der Waals surface area contributed by atoms with Gasteiger partial charge in [0.15, 0.2) is 5.40 Å². The van der Waals surface area contributed by atoms with E-state index in [1.165, 1.54) is 4.68 Å². The van der Waals surface area contributed by atoms with Gasteiger partial charge in [0.25, 0.3) is 0 Å². The van der Waals surface area contributed by atoms with E-state index in [0.717, 1.165) is 0 Å². The highest BCUT2D eigenvalue weighted by atomic mass is 31.2. The average Bonchev–Trinajstić information content (AvgIpc) is 2.98. The van der Waals surface area contributed by atoms with Gasteiger partial charge in [0.1, 0.15) is 0 Å². The molecule has 23 heavy (non-hydrogen) atoms. The van der Waals surface area contributed by atoms with Crippen LogP contribution in [0.1, 0.15) is 27.7 Å². The lowest BCUT2D eigenvalue weighted by molar-refractivity contribution is 0.191. The van der Waals surface area contributed by atoms with Crippen molar-refractivity contribution in [1.82, 2.24) is 9.78 Å². The molecule has 0 unspecified atom stereocenters. The maximum Gasteiger partial charge on any atom is 0.347 e. The van der Waals surface area contributed by atoms with Crippen LogP contribution >= 0.6 is 15.2 Å². The van der Waals surface area contributed by atoms with E-state index in [9.17, 15) is 9.13 Å². The largest absolute Gasteiger partial charge is 0.347 e. The summed E-state index contributed by atoms with van der Waals surface area (Å²) < 4.78 is 49.5. The fraction of sp³-hybridized carbons (Fsp3) is 0.769. The minimum absolute atomic E-state index is 0.0432. The Bertz CT molecular complexity index is 487. The second-order valence-corrected chi connectivity index (χ2v) is 9.31. The van der Waals surface area contributed by atoms with Crippen LogP contribution in [0.15, 0.2) is 18.5 Å². The van der Waals surface area contributed by atoms with Gasteiger partial charge in [-0.15, -0.1) is 0 Å². The van der Waals surface area contributed by atoms with E-state index >= 15 is 0 Å². The first-order valence-electron chi connectivity index (χ1n) is 7.70. The minimum atomic E-state index is -3.73. The fourth-order valence-corrected chi connectivity index (χ4v) is 7.28. The average molecular weight is 368 g/mol. The van der Waals surface area contributed by atoms with E-state index in [0.29, 0.717) is 0 Å². The van der Waals surface area contributed by atoms with Gasteiger partial charge in [0.05, 0.1) is 33.0 Å². The van der Waals surface area contributed by atoms with E-state index in [2.05, 4.69) is 5.10 Å². The second kappa shape index (κ2) is 9.72. The SMILES string of the molecule is CCOP(=O)(OCC)C(Cn1cccn1)P(=O)(OCC)OCC. The number of aromatic nitrogens is 2. The topological polar surface area (TPSA) is 88.9 Å². The molecule has 0 amide bonds. The van der Waals surface area contributed by atoms with Crippen LogP contribution in [0.4, 0.5) is 0 Å². The van der Waals surface area contributed by atoms with Crippen molar-refractivity contribution >= 4 is 15.2 Å². The van der Waals surface area contributed by atoms with Crippen molar-refractivity contribution in [2.75, 3.05) is 26.4 Å². The molecule has 1 aromatic rings. The number of rotatable bonds is 12. The standard InChI is InChI=1S/C13H26N2O6P2/c1-5-18-22(16,19-6-2)13(12-15-11-9-10-14-15)23(17,20-7-3)21-8-4/h9-11,13H,5-8,12H2,1-4H3. The molecule has 0 atom stereocenters. The van der Waals surface area contributed by atoms with Crippen molar-refractivity contribution in [2.24, 2.45) is 0 Å². The summed E-state index contributed by atoms with van der Waals surface area (Å²) in [5, 5.41) is 2.99. The van der Waals surface area contributed by atoms with Crippen molar-refractivity contribution in [3.8, 4) is 0 Å². The van der Waals surface area contributed by atoms with Gasteiger partial charge >= 0.3 is 15.2 Å². The van der Waals surface area contributed by atoms with Gasteiger partial charge in [0.2, 0.25) is 0 Å². The molecule has 134 valence electrons. The summed E-state index contributed by atoms with van der Waals surface area (Å²) in [4.78, 5) is 0. The number of nitrogens with zero attached hydrogens (tertiary/aromatic N) is 2. The molecule has 10 heteroatoms. The Kier molecular flexibility index (Phi) is 8.69. The Balaban J connectivity index is 3.27. The van der Waals surface area contributed by atoms with Crippen LogP contribution in [0.3, 0.4) is 0 Å². The Labute approximate surface area is 137 Å². The van der Waals surface area contributed by atoms with Crippen LogP contribution in [-0.4, -0.2) is 41.6 Å². The molecule has 1 heterocycles. The lowest BCUT2D eigenvalue weighted by Gasteiger charge is -2.31. The molecule has 0 saturated heterocycles. The fourth-order valence-electron chi connectivity index (χ4n) is 2.09. The molecule has 0 aliphatic heterocycles. The summed E-state index contributed by atoms with van der Waals surface area (Å²) in [5.74, 6) is 0. The molecule has 1 rings (SSSR count). The lowest BCUT2D eigenvalue weighted by Crippen LogP contribution is -2.23. The highest BCUT2D eigenvalue weighted by Crippen LogP contribution is 2.70. The predicted molar refractivity (Wildman–Crippen MR) is 87.7 cm³/mol. The van der Waals surface area contributed by atoms with Crippen LogP contribution in [0.5, 0.6) is 0 Å². The zero-order valence-electron chi connectivity index (χ0n) is 14.1. The quantitative estimate of drug-likeness (QED) is 0.519. The highest BCUT2D eigenvalue weighted by Gasteiger charge is 2.51. The highest BCUT2D eigenvalue weighted by molar-refractivity contribution is 7.72. The molecular weight excluding hydrogens is 342 g/mol. The summed E-state index contributed by atoms with van der Waals surface area (Å²) in [5.41, 5.74) is 0. The monoisotopic (exact) mass is 368 g/mol. The van der Waals surface area contributed by atoms with Gasteiger partial charge in [-0.3, -0.25) is 13.8 Å². The van der Waals surface area contributed by atoms with E-state index in [-0.39, 0.29) is 33.0 Å². The minimum Gasteiger partial charge on any atom is -0.308 e. The Morgan fingerprint density at radius 2 is 1.35 bits per heavy atom. The van der Waals surface area contributed by atoms with Crippen molar-refractivity contribution < 1.29 is 27.2 Å². The summed E-state index contributed by atoms with van der Waals surface area (Å²) in [6.45, 7) is 7.46. The lowest BCUT2D eigenvalue weighted by atomic mass is 10.7.